The Morgan fingerprint density at radius 3 is 2.60 bits per heavy atom. The molecule has 2 unspecified atom stereocenters. The maximum Gasteiger partial charge on any atom is 0.393 e. The lowest BCUT2D eigenvalue weighted by Gasteiger charge is -2.33. The van der Waals surface area contributed by atoms with E-state index >= 15 is 0 Å². The molecule has 1 N–H and O–H groups in total. The van der Waals surface area contributed by atoms with Crippen molar-refractivity contribution in [2.75, 3.05) is 0 Å². The maximum absolute atomic E-state index is 13.0. The normalized spacial score (nSPS) is 23.9. The first kappa shape index (κ1) is 15.8. The standard InChI is InChI=1S/C15H19BrF3N/c1-10-6-7-11(8-13(10)16)9-20-14-5-3-2-4-12(14)15(17,18)19/h6-8,12,14,20H,2-5,9H2,1H3. The summed E-state index contributed by atoms with van der Waals surface area (Å²) in [5.41, 5.74) is 2.13. The molecule has 0 saturated heterocycles. The van der Waals surface area contributed by atoms with E-state index in [1.807, 2.05) is 25.1 Å². The van der Waals surface area contributed by atoms with Crippen LogP contribution in [-0.4, -0.2) is 12.2 Å². The number of nitrogens with one attached hydrogen (secondary N) is 1. The Morgan fingerprint density at radius 1 is 1.25 bits per heavy atom. The van der Waals surface area contributed by atoms with Crippen LogP contribution in [0.4, 0.5) is 13.2 Å². The highest BCUT2D eigenvalue weighted by Gasteiger charge is 2.45. The summed E-state index contributed by atoms with van der Waals surface area (Å²) < 4.78 is 40.0. The number of aryl methyl sites for hydroxylation is 1. The molecule has 0 aliphatic heterocycles. The minimum absolute atomic E-state index is 0.249. The molecule has 0 radical (unpaired) electrons. The molecule has 1 nitrogen and oxygen atoms in total. The lowest BCUT2D eigenvalue weighted by atomic mass is 9.84. The fourth-order valence-electron chi connectivity index (χ4n) is 2.76. The van der Waals surface area contributed by atoms with Crippen molar-refractivity contribution in [1.82, 2.24) is 5.32 Å². The molecule has 1 aromatic rings. The Bertz CT molecular complexity index is 459. The van der Waals surface area contributed by atoms with E-state index in [1.165, 1.54) is 0 Å². The molecule has 0 bridgehead atoms. The summed E-state index contributed by atoms with van der Waals surface area (Å²) in [7, 11) is 0. The summed E-state index contributed by atoms with van der Waals surface area (Å²) in [5, 5.41) is 3.10. The van der Waals surface area contributed by atoms with Crippen molar-refractivity contribution < 1.29 is 13.2 Å². The quantitative estimate of drug-likeness (QED) is 0.812. The smallest absolute Gasteiger partial charge is 0.309 e. The number of hydrogen-bond donors (Lipinski definition) is 1. The van der Waals surface area contributed by atoms with Crippen LogP contribution in [0, 0.1) is 12.8 Å². The average molecular weight is 350 g/mol. The Kier molecular flexibility index (Phi) is 5.13. The molecule has 0 spiro atoms. The van der Waals surface area contributed by atoms with E-state index in [0.717, 1.165) is 22.0 Å². The molecule has 0 amide bonds. The second kappa shape index (κ2) is 6.48. The van der Waals surface area contributed by atoms with Crippen LogP contribution in [0.25, 0.3) is 0 Å². The summed E-state index contributed by atoms with van der Waals surface area (Å²) in [6.07, 6.45) is -1.68. The molecule has 20 heavy (non-hydrogen) atoms. The van der Waals surface area contributed by atoms with Crippen LogP contribution in [0.2, 0.25) is 0 Å². The minimum atomic E-state index is -4.09. The summed E-state index contributed by atoms with van der Waals surface area (Å²) >= 11 is 3.45. The van der Waals surface area contributed by atoms with Crippen LogP contribution in [-0.2, 0) is 6.54 Å². The Hall–Kier alpha value is -0.550. The average Bonchev–Trinajstić information content (AvgIpc) is 2.39. The number of rotatable bonds is 3. The van der Waals surface area contributed by atoms with Crippen molar-refractivity contribution in [3.8, 4) is 0 Å². The van der Waals surface area contributed by atoms with E-state index in [2.05, 4.69) is 21.2 Å². The third-order valence-corrected chi connectivity index (χ3v) is 4.85. The first-order valence-electron chi connectivity index (χ1n) is 6.93. The first-order valence-corrected chi connectivity index (χ1v) is 7.72. The number of halogens is 4. The Morgan fingerprint density at radius 2 is 1.95 bits per heavy atom. The monoisotopic (exact) mass is 349 g/mol. The highest BCUT2D eigenvalue weighted by Crippen LogP contribution is 2.37. The summed E-state index contributed by atoms with van der Waals surface area (Å²) in [6, 6.07) is 5.44. The third-order valence-electron chi connectivity index (χ3n) is 3.99. The zero-order valence-electron chi connectivity index (χ0n) is 11.4. The largest absolute Gasteiger partial charge is 0.393 e. The number of hydrogen-bond acceptors (Lipinski definition) is 1. The van der Waals surface area contributed by atoms with Crippen molar-refractivity contribution in [3.63, 3.8) is 0 Å². The molecule has 1 fully saturated rings. The molecular weight excluding hydrogens is 331 g/mol. The van der Waals surface area contributed by atoms with Gasteiger partial charge in [-0.3, -0.25) is 0 Å². The van der Waals surface area contributed by atoms with Gasteiger partial charge < -0.3 is 5.32 Å². The van der Waals surface area contributed by atoms with Gasteiger partial charge in [-0.15, -0.1) is 0 Å². The predicted octanol–water partition coefficient (Wildman–Crippen LogP) is 4.97. The molecule has 2 atom stereocenters. The van der Waals surface area contributed by atoms with Gasteiger partial charge in [-0.05, 0) is 37.0 Å². The van der Waals surface area contributed by atoms with Gasteiger partial charge in [0, 0.05) is 17.1 Å². The van der Waals surface area contributed by atoms with E-state index in [-0.39, 0.29) is 6.42 Å². The molecular formula is C15H19BrF3N. The van der Waals surface area contributed by atoms with E-state index in [9.17, 15) is 13.2 Å². The maximum atomic E-state index is 13.0. The van der Waals surface area contributed by atoms with E-state index in [1.54, 1.807) is 0 Å². The van der Waals surface area contributed by atoms with Crippen molar-refractivity contribution in [3.05, 3.63) is 33.8 Å². The van der Waals surface area contributed by atoms with Crippen molar-refractivity contribution in [2.24, 2.45) is 5.92 Å². The van der Waals surface area contributed by atoms with Crippen LogP contribution >= 0.6 is 15.9 Å². The van der Waals surface area contributed by atoms with Gasteiger partial charge >= 0.3 is 6.18 Å². The zero-order valence-corrected chi connectivity index (χ0v) is 13.0. The van der Waals surface area contributed by atoms with Crippen molar-refractivity contribution in [1.29, 1.82) is 0 Å². The van der Waals surface area contributed by atoms with Gasteiger partial charge in [0.15, 0.2) is 0 Å². The number of alkyl halides is 3. The van der Waals surface area contributed by atoms with Crippen LogP contribution in [0.15, 0.2) is 22.7 Å². The van der Waals surface area contributed by atoms with E-state index in [4.69, 9.17) is 0 Å². The highest BCUT2D eigenvalue weighted by atomic mass is 79.9. The van der Waals surface area contributed by atoms with Gasteiger partial charge in [-0.25, -0.2) is 0 Å². The lowest BCUT2D eigenvalue weighted by Crippen LogP contribution is -2.45. The molecule has 5 heteroatoms. The highest BCUT2D eigenvalue weighted by molar-refractivity contribution is 9.10. The molecule has 1 aromatic carbocycles. The lowest BCUT2D eigenvalue weighted by molar-refractivity contribution is -0.189. The fraction of sp³-hybridized carbons (Fsp3) is 0.600. The Balaban J connectivity index is 1.99. The van der Waals surface area contributed by atoms with E-state index in [0.29, 0.717) is 19.4 Å². The molecule has 1 aliphatic carbocycles. The van der Waals surface area contributed by atoms with Gasteiger partial charge in [0.2, 0.25) is 0 Å². The van der Waals surface area contributed by atoms with Crippen LogP contribution in [0.3, 0.4) is 0 Å². The number of benzene rings is 1. The summed E-state index contributed by atoms with van der Waals surface area (Å²) in [5.74, 6) is -1.20. The van der Waals surface area contributed by atoms with Crippen molar-refractivity contribution >= 4 is 15.9 Å². The second-order valence-electron chi connectivity index (χ2n) is 5.50. The SMILES string of the molecule is Cc1ccc(CNC2CCCCC2C(F)(F)F)cc1Br. The molecule has 0 aromatic heterocycles. The molecule has 1 saturated carbocycles. The molecule has 112 valence electrons. The van der Waals surface area contributed by atoms with Crippen molar-refractivity contribution in [2.45, 2.75) is 51.4 Å². The van der Waals surface area contributed by atoms with Crippen LogP contribution in [0.1, 0.15) is 36.8 Å². The predicted molar refractivity (Wildman–Crippen MR) is 77.5 cm³/mol. The topological polar surface area (TPSA) is 12.0 Å². The van der Waals surface area contributed by atoms with Crippen LogP contribution < -0.4 is 5.32 Å². The third kappa shape index (κ3) is 3.98. The molecule has 2 rings (SSSR count). The van der Waals surface area contributed by atoms with Crippen LogP contribution in [0.5, 0.6) is 0 Å². The minimum Gasteiger partial charge on any atom is -0.309 e. The van der Waals surface area contributed by atoms with Gasteiger partial charge in [-0.2, -0.15) is 13.2 Å². The summed E-state index contributed by atoms with van der Waals surface area (Å²) in [4.78, 5) is 0. The molecule has 1 aliphatic rings. The zero-order chi connectivity index (χ0) is 14.8. The van der Waals surface area contributed by atoms with Gasteiger partial charge in [0.05, 0.1) is 5.92 Å². The first-order chi connectivity index (χ1) is 9.38. The van der Waals surface area contributed by atoms with E-state index < -0.39 is 18.1 Å². The van der Waals surface area contributed by atoms with Gasteiger partial charge in [0.25, 0.3) is 0 Å². The Labute approximate surface area is 126 Å². The summed E-state index contributed by atoms with van der Waals surface area (Å²) in [6.45, 7) is 2.47. The fourth-order valence-corrected chi connectivity index (χ4v) is 3.19. The second-order valence-corrected chi connectivity index (χ2v) is 6.36. The van der Waals surface area contributed by atoms with Gasteiger partial charge in [-0.1, -0.05) is 40.9 Å². The molecule has 0 heterocycles. The van der Waals surface area contributed by atoms with Gasteiger partial charge in [0.1, 0.15) is 0 Å².